The molecule has 0 bridgehead atoms. The Morgan fingerprint density at radius 2 is 2.16 bits per heavy atom. The van der Waals surface area contributed by atoms with E-state index in [1.807, 2.05) is 4.68 Å². The first-order valence-electron chi connectivity index (χ1n) is 7.07. The van der Waals surface area contributed by atoms with E-state index in [4.69, 9.17) is 5.73 Å². The number of nitrogens with two attached hydrogens (primary N) is 1. The van der Waals surface area contributed by atoms with E-state index in [2.05, 4.69) is 30.9 Å². The molecule has 0 unspecified atom stereocenters. The molecule has 5 heteroatoms. The van der Waals surface area contributed by atoms with Crippen LogP contribution in [0.15, 0.2) is 6.33 Å². The van der Waals surface area contributed by atoms with Crippen molar-refractivity contribution in [2.45, 2.75) is 59.4 Å². The molecule has 1 aromatic rings. The second kappa shape index (κ2) is 7.38. The van der Waals surface area contributed by atoms with Gasteiger partial charge in [-0.3, -0.25) is 4.79 Å². The first kappa shape index (κ1) is 15.8. The maximum absolute atomic E-state index is 12.0. The standard InChI is InChI=1S/C14H26N4O/c1-4-9-18-13(16-11-17-18)10-12(19)5-6-14(2,3)7-8-15/h11H,4-10,15H2,1-3H3. The minimum atomic E-state index is 0.140. The highest BCUT2D eigenvalue weighted by Crippen LogP contribution is 2.26. The predicted octanol–water partition coefficient (Wildman–Crippen LogP) is 1.95. The second-order valence-corrected chi connectivity index (χ2v) is 5.82. The third-order valence-corrected chi connectivity index (χ3v) is 3.39. The Morgan fingerprint density at radius 3 is 2.79 bits per heavy atom. The highest BCUT2D eigenvalue weighted by Gasteiger charge is 2.19. The predicted molar refractivity (Wildman–Crippen MR) is 75.7 cm³/mol. The molecule has 0 fully saturated rings. The largest absolute Gasteiger partial charge is 0.330 e. The lowest BCUT2D eigenvalue weighted by molar-refractivity contribution is -0.119. The average Bonchev–Trinajstić information content (AvgIpc) is 2.75. The van der Waals surface area contributed by atoms with Crippen molar-refractivity contribution in [3.63, 3.8) is 0 Å². The SMILES string of the molecule is CCCn1ncnc1CC(=O)CCC(C)(C)CCN. The summed E-state index contributed by atoms with van der Waals surface area (Å²) in [6, 6.07) is 0. The summed E-state index contributed by atoms with van der Waals surface area (Å²) in [5.74, 6) is 1.01. The fraction of sp³-hybridized carbons (Fsp3) is 0.786. The fourth-order valence-corrected chi connectivity index (χ4v) is 2.08. The van der Waals surface area contributed by atoms with Crippen LogP contribution in [0, 0.1) is 5.41 Å². The number of carbonyl (C=O) groups excluding carboxylic acids is 1. The molecule has 0 spiro atoms. The number of aromatic nitrogens is 3. The number of hydrogen-bond donors (Lipinski definition) is 1. The Labute approximate surface area is 115 Å². The zero-order valence-corrected chi connectivity index (χ0v) is 12.4. The molecule has 1 heterocycles. The van der Waals surface area contributed by atoms with Gasteiger partial charge in [0.25, 0.3) is 0 Å². The minimum absolute atomic E-state index is 0.140. The summed E-state index contributed by atoms with van der Waals surface area (Å²) in [7, 11) is 0. The lowest BCUT2D eigenvalue weighted by Gasteiger charge is -2.23. The van der Waals surface area contributed by atoms with Gasteiger partial charge in [-0.2, -0.15) is 5.10 Å². The molecule has 0 aromatic carbocycles. The molecule has 0 saturated carbocycles. The third kappa shape index (κ3) is 5.51. The van der Waals surface area contributed by atoms with Crippen LogP contribution in [-0.4, -0.2) is 27.1 Å². The molecule has 0 radical (unpaired) electrons. The van der Waals surface area contributed by atoms with Gasteiger partial charge in [-0.05, 0) is 31.2 Å². The van der Waals surface area contributed by atoms with Gasteiger partial charge in [0.1, 0.15) is 17.9 Å². The van der Waals surface area contributed by atoms with Gasteiger partial charge in [-0.25, -0.2) is 9.67 Å². The molecule has 0 saturated heterocycles. The van der Waals surface area contributed by atoms with Crippen LogP contribution in [0.1, 0.15) is 52.3 Å². The molecule has 0 aliphatic carbocycles. The van der Waals surface area contributed by atoms with Crippen molar-refractivity contribution >= 4 is 5.78 Å². The van der Waals surface area contributed by atoms with Crippen LogP contribution < -0.4 is 5.73 Å². The van der Waals surface area contributed by atoms with Gasteiger partial charge in [-0.15, -0.1) is 0 Å². The highest BCUT2D eigenvalue weighted by molar-refractivity contribution is 5.80. The van der Waals surface area contributed by atoms with Crippen LogP contribution in [0.25, 0.3) is 0 Å². The van der Waals surface area contributed by atoms with Gasteiger partial charge in [0, 0.05) is 13.0 Å². The number of nitrogens with zero attached hydrogens (tertiary/aromatic N) is 3. The topological polar surface area (TPSA) is 73.8 Å². The van der Waals surface area contributed by atoms with Crippen molar-refractivity contribution in [2.75, 3.05) is 6.54 Å². The van der Waals surface area contributed by atoms with E-state index in [0.717, 1.165) is 31.6 Å². The van der Waals surface area contributed by atoms with Gasteiger partial charge in [-0.1, -0.05) is 20.8 Å². The smallest absolute Gasteiger partial charge is 0.140 e. The Morgan fingerprint density at radius 1 is 1.42 bits per heavy atom. The first-order chi connectivity index (χ1) is 8.98. The number of hydrogen-bond acceptors (Lipinski definition) is 4. The molecule has 1 rings (SSSR count). The number of rotatable bonds is 9. The Balaban J connectivity index is 2.45. The molecule has 0 aliphatic heterocycles. The molecule has 108 valence electrons. The minimum Gasteiger partial charge on any atom is -0.330 e. The number of Topliss-reactive ketones (excluding diaryl/α,β-unsaturated/α-hetero) is 1. The number of ketones is 1. The van der Waals surface area contributed by atoms with E-state index in [-0.39, 0.29) is 11.2 Å². The summed E-state index contributed by atoms with van der Waals surface area (Å²) >= 11 is 0. The van der Waals surface area contributed by atoms with Gasteiger partial charge in [0.15, 0.2) is 0 Å². The van der Waals surface area contributed by atoms with E-state index >= 15 is 0 Å². The van der Waals surface area contributed by atoms with Crippen molar-refractivity contribution in [1.82, 2.24) is 14.8 Å². The fourth-order valence-electron chi connectivity index (χ4n) is 2.08. The lowest BCUT2D eigenvalue weighted by atomic mass is 9.83. The Kier molecular flexibility index (Phi) is 6.15. The summed E-state index contributed by atoms with van der Waals surface area (Å²) < 4.78 is 1.82. The third-order valence-electron chi connectivity index (χ3n) is 3.39. The van der Waals surface area contributed by atoms with Crippen LogP contribution >= 0.6 is 0 Å². The molecule has 19 heavy (non-hydrogen) atoms. The van der Waals surface area contributed by atoms with Crippen LogP contribution in [0.2, 0.25) is 0 Å². The van der Waals surface area contributed by atoms with Crippen molar-refractivity contribution in [1.29, 1.82) is 0 Å². The normalized spacial score (nSPS) is 11.8. The molecule has 0 atom stereocenters. The van der Waals surface area contributed by atoms with E-state index in [0.29, 0.717) is 19.4 Å². The van der Waals surface area contributed by atoms with Crippen molar-refractivity contribution in [3.05, 3.63) is 12.2 Å². The second-order valence-electron chi connectivity index (χ2n) is 5.82. The van der Waals surface area contributed by atoms with Gasteiger partial charge in [0.05, 0.1) is 6.42 Å². The van der Waals surface area contributed by atoms with Crippen LogP contribution in [-0.2, 0) is 17.8 Å². The lowest BCUT2D eigenvalue weighted by Crippen LogP contribution is -2.19. The first-order valence-corrected chi connectivity index (χ1v) is 7.07. The van der Waals surface area contributed by atoms with Gasteiger partial charge in [0.2, 0.25) is 0 Å². The van der Waals surface area contributed by atoms with E-state index in [9.17, 15) is 4.79 Å². The molecular weight excluding hydrogens is 240 g/mol. The van der Waals surface area contributed by atoms with Crippen molar-refractivity contribution in [3.8, 4) is 0 Å². The van der Waals surface area contributed by atoms with Crippen LogP contribution in [0.4, 0.5) is 0 Å². The molecule has 0 amide bonds. The monoisotopic (exact) mass is 266 g/mol. The van der Waals surface area contributed by atoms with E-state index in [1.54, 1.807) is 0 Å². The summed E-state index contributed by atoms with van der Waals surface area (Å²) in [6.45, 7) is 7.90. The zero-order valence-electron chi connectivity index (χ0n) is 12.4. The van der Waals surface area contributed by atoms with Gasteiger partial charge < -0.3 is 5.73 Å². The van der Waals surface area contributed by atoms with E-state index < -0.39 is 0 Å². The molecular formula is C14H26N4O. The number of carbonyl (C=O) groups is 1. The summed E-state index contributed by atoms with van der Waals surface area (Å²) in [5.41, 5.74) is 5.72. The summed E-state index contributed by atoms with van der Waals surface area (Å²) in [5, 5.41) is 4.13. The zero-order chi connectivity index (χ0) is 14.3. The van der Waals surface area contributed by atoms with Crippen LogP contribution in [0.3, 0.4) is 0 Å². The molecule has 5 nitrogen and oxygen atoms in total. The molecule has 2 N–H and O–H groups in total. The Hall–Kier alpha value is -1.23. The molecule has 1 aromatic heterocycles. The maximum atomic E-state index is 12.0. The van der Waals surface area contributed by atoms with E-state index in [1.165, 1.54) is 6.33 Å². The quantitative estimate of drug-likeness (QED) is 0.741. The maximum Gasteiger partial charge on any atom is 0.140 e. The van der Waals surface area contributed by atoms with Gasteiger partial charge >= 0.3 is 0 Å². The number of aryl methyl sites for hydroxylation is 1. The van der Waals surface area contributed by atoms with Crippen LogP contribution in [0.5, 0.6) is 0 Å². The summed E-state index contributed by atoms with van der Waals surface area (Å²) in [6.07, 6.45) is 5.33. The molecule has 0 aliphatic rings. The highest BCUT2D eigenvalue weighted by atomic mass is 16.1. The van der Waals surface area contributed by atoms with Crippen molar-refractivity contribution < 1.29 is 4.79 Å². The van der Waals surface area contributed by atoms with Crippen molar-refractivity contribution in [2.24, 2.45) is 11.1 Å². The average molecular weight is 266 g/mol. The summed E-state index contributed by atoms with van der Waals surface area (Å²) in [4.78, 5) is 16.2. The Bertz CT molecular complexity index is 398.